The number of carbonyl (C=O) groups is 7. The number of carbonyl (C=O) groups excluding carboxylic acids is 6. The van der Waals surface area contributed by atoms with Gasteiger partial charge in [0.25, 0.3) is 0 Å². The van der Waals surface area contributed by atoms with Crippen molar-refractivity contribution in [3.8, 4) is 5.75 Å². The molecular formula is C87H38N6O12. The first-order valence-electron chi connectivity index (χ1n) is 36.5. The molecule has 0 aliphatic heterocycles. The highest BCUT2D eigenvalue weighted by atomic mass is 16.4. The number of carboxylic acids is 1. The molecule has 1 fully saturated rings. The topological polar surface area (TPSA) is 307 Å². The molecule has 29 aromatic rings. The van der Waals surface area contributed by atoms with E-state index in [0.717, 1.165) is 6.92 Å². The van der Waals surface area contributed by atoms with E-state index in [4.69, 9.17) is 5.73 Å². The molecule has 488 valence electrons. The van der Waals surface area contributed by atoms with E-state index in [2.05, 4.69) is 26.6 Å². The summed E-state index contributed by atoms with van der Waals surface area (Å²) in [5.41, 5.74) is 9.09. The number of aliphatic hydroxyl groups is 3. The van der Waals surface area contributed by atoms with E-state index >= 15 is 9.59 Å². The highest BCUT2D eigenvalue weighted by molar-refractivity contribution is 6.82. The molecule has 0 radical (unpaired) electrons. The maximum absolute atomic E-state index is 17.5. The minimum absolute atomic E-state index is 0.102. The lowest BCUT2D eigenvalue weighted by atomic mass is 9.68. The largest absolute Gasteiger partial charge is 0.508 e. The zero-order valence-corrected chi connectivity index (χ0v) is 54.6. The number of nitrogens with one attached hydrogen (secondary N) is 5. The third kappa shape index (κ3) is 3.73. The number of nitrogens with two attached hydrogens (primary N) is 1. The molecule has 5 aliphatic carbocycles. The third-order valence-corrected chi connectivity index (χ3v) is 30.7. The molecular weight excluding hydrogens is 1320 g/mol. The summed E-state index contributed by atoms with van der Waals surface area (Å²) in [6, 6.07) is -3.29. The zero-order valence-electron chi connectivity index (χ0n) is 54.6. The number of rotatable bonds is 18. The Morgan fingerprint density at radius 1 is 0.333 bits per heavy atom. The van der Waals surface area contributed by atoms with E-state index in [1.54, 1.807) is 0 Å². The number of benzene rings is 19. The summed E-state index contributed by atoms with van der Waals surface area (Å²) in [4.78, 5) is 101. The Bertz CT molecular complexity index is 8310. The van der Waals surface area contributed by atoms with Crippen LogP contribution in [-0.4, -0.2) is 115 Å². The van der Waals surface area contributed by atoms with Crippen LogP contribution in [0.4, 0.5) is 0 Å². The number of carboxylic acid groups (broad SMARTS) is 1. The Labute approximate surface area is 577 Å². The van der Waals surface area contributed by atoms with Gasteiger partial charge in [-0.1, -0.05) is 12.1 Å². The first-order chi connectivity index (χ1) is 50.9. The van der Waals surface area contributed by atoms with E-state index in [1.165, 1.54) is 351 Å². The second kappa shape index (κ2) is 13.2. The summed E-state index contributed by atoms with van der Waals surface area (Å²) < 4.78 is 0. The second-order valence-electron chi connectivity index (χ2n) is 34.0. The Hall–Kier alpha value is -12.4. The van der Waals surface area contributed by atoms with Crippen molar-refractivity contribution in [2.24, 2.45) is 11.7 Å². The van der Waals surface area contributed by atoms with Crippen molar-refractivity contribution in [3.05, 3.63) is 52.1 Å². The molecule has 0 saturated heterocycles. The molecule has 18 nitrogen and oxygen atoms in total. The molecule has 1 saturated carbocycles. The first kappa shape index (κ1) is 50.1. The standard InChI is InChI=1S/C87H38N6O12/c1-10(94)76(82(101)90-16(9-17(88)98)80(99)89-15(8-13-4-6-14(97)7-5-13)81(100)93-78(12(3)96)85(104)105)91-83(102)77(11(2)95)92-84(103)79-86-72-64-56-46-36-28-20-18-19-22-26-24(20)32-40-34(26)44-38-30(22)31-23(19)27-25-21(18)29(28)37-43-33(25)41-35(27)45-39(31)49-48(38)58-52(44)62-54(40)60(50(56)42(32)36)68(72)70(62)74-66(58)67-59(49)53(45)63-55(41)61-51(43)57(47(37)46)65(64)73(86)69(61)71(63)75(67)87(74,79)86/h4-7,10-12,15-16,76-79,94-97H,8-9H2,1-3H3,(H2,88,98)(H,89,99)(H,90,101)(H,91,102)(H,92,103)(H,93,100)(H,104,105)/t10-,11-,12-,15+,16+,76+,77+,78+,79?,86?,87?/m1/s1. The predicted molar refractivity (Wildman–Crippen MR) is 405 cm³/mol. The van der Waals surface area contributed by atoms with Gasteiger partial charge >= 0.3 is 5.97 Å². The molecule has 0 heterocycles. The van der Waals surface area contributed by atoms with Gasteiger partial charge in [-0.25, -0.2) is 4.79 Å². The highest BCUT2D eigenvalue weighted by Crippen LogP contribution is 2.92. The van der Waals surface area contributed by atoms with E-state index in [9.17, 15) is 49.5 Å². The summed E-state index contributed by atoms with van der Waals surface area (Å²) in [6.07, 6.45) is -6.00. The zero-order chi connectivity index (χ0) is 68.7. The molecule has 5 aliphatic rings. The molecule has 12 N–H and O–H groups in total. The van der Waals surface area contributed by atoms with Crippen molar-refractivity contribution in [1.29, 1.82) is 0 Å². The first-order valence-corrected chi connectivity index (χ1v) is 36.5. The number of phenolic OH excluding ortho intramolecular Hbond substituents is 1. The molecule has 29 aromatic carbocycles. The van der Waals surface area contributed by atoms with Crippen LogP contribution in [0.2, 0.25) is 0 Å². The summed E-state index contributed by atoms with van der Waals surface area (Å²) >= 11 is 0. The van der Waals surface area contributed by atoms with Crippen LogP contribution >= 0.6 is 0 Å². The number of hydrogen-bond donors (Lipinski definition) is 11. The summed E-state index contributed by atoms with van der Waals surface area (Å²) in [5, 5.41) is 142. The van der Waals surface area contributed by atoms with Gasteiger partial charge in [-0.15, -0.1) is 0 Å². The Balaban J connectivity index is 0.614. The van der Waals surface area contributed by atoms with Crippen LogP contribution in [0.15, 0.2) is 24.3 Å². The maximum Gasteiger partial charge on any atom is 0.328 e. The SMILES string of the molecule is C[C@@H](O)[C@H](NC(=O)[C@H](Cc1ccc(O)cc1)NC(=O)[C@H](CC(N)=O)NC(=O)[C@@H](NC(=O)[C@@H](NC(=O)C1C23c4c5c6c7c8c9c(c%10c%11c2c2c4c4c%12c5c5c6c6c8c8c%13c9c9c%10c%10c%11c%11c2c2c4c4c%12c%12c5c5c6c8c6c8c%13c9c9c%10c%10c%11c2c2c4c4c%12c5c6c5c8c9c%10c2c45)C713)[C@@H](C)O)[C@@H](C)O)C(=O)O. The van der Waals surface area contributed by atoms with Gasteiger partial charge in [0.2, 0.25) is 35.4 Å². The molecule has 0 bridgehead atoms. The Morgan fingerprint density at radius 2 is 0.562 bits per heavy atom. The molecule has 6 amide bonds. The van der Waals surface area contributed by atoms with Crippen LogP contribution in [0.3, 0.4) is 0 Å². The molecule has 34 rings (SSSR count). The van der Waals surface area contributed by atoms with Crippen molar-refractivity contribution in [3.63, 3.8) is 0 Å². The van der Waals surface area contributed by atoms with Crippen molar-refractivity contribution < 1.29 is 59.1 Å². The third-order valence-electron chi connectivity index (χ3n) is 30.7. The second-order valence-corrected chi connectivity index (χ2v) is 34.0. The smallest absolute Gasteiger partial charge is 0.328 e. The number of phenols is 1. The highest BCUT2D eigenvalue weighted by Gasteiger charge is 2.89. The fourth-order valence-electron chi connectivity index (χ4n) is 28.8. The Morgan fingerprint density at radius 3 is 0.819 bits per heavy atom. The minimum atomic E-state index is -1.89. The van der Waals surface area contributed by atoms with Crippen molar-refractivity contribution >= 4 is 332 Å². The molecule has 2 spiro atoms. The van der Waals surface area contributed by atoms with Gasteiger partial charge in [0, 0.05) is 6.42 Å². The monoisotopic (exact) mass is 1360 g/mol. The van der Waals surface area contributed by atoms with Crippen molar-refractivity contribution in [2.45, 2.75) is 93.0 Å². The van der Waals surface area contributed by atoms with Gasteiger partial charge in [-0.2, -0.15) is 0 Å². The molecule has 18 heteroatoms. The van der Waals surface area contributed by atoms with Gasteiger partial charge in [0.1, 0.15) is 29.9 Å². The number of aliphatic carboxylic acids is 1. The number of amides is 6. The average molecular weight is 1360 g/mol. The lowest BCUT2D eigenvalue weighted by molar-refractivity contribution is -0.145. The van der Waals surface area contributed by atoms with Crippen LogP contribution in [-0.2, 0) is 50.8 Å². The minimum Gasteiger partial charge on any atom is -0.508 e. The quantitative estimate of drug-likeness (QED) is 0.0358. The van der Waals surface area contributed by atoms with Crippen LogP contribution in [0.1, 0.15) is 55.0 Å². The van der Waals surface area contributed by atoms with E-state index in [0.29, 0.717) is 5.56 Å². The molecule has 105 heavy (non-hydrogen) atoms. The maximum atomic E-state index is 17.5. The Kier molecular flexibility index (Phi) is 6.31. The number of aromatic hydroxyl groups is 1. The number of hydrogen-bond acceptors (Lipinski definition) is 11. The lowest BCUT2D eigenvalue weighted by Gasteiger charge is -2.32. The van der Waals surface area contributed by atoms with Crippen molar-refractivity contribution in [1.82, 2.24) is 26.6 Å². The molecule has 8 atom stereocenters. The van der Waals surface area contributed by atoms with E-state index < -0.39 is 113 Å². The van der Waals surface area contributed by atoms with Crippen LogP contribution in [0.5, 0.6) is 5.75 Å². The summed E-state index contributed by atoms with van der Waals surface area (Å²) in [7, 11) is 0. The van der Waals surface area contributed by atoms with Crippen LogP contribution in [0.25, 0.3) is 291 Å². The van der Waals surface area contributed by atoms with Gasteiger partial charge in [0.05, 0.1) is 41.5 Å². The average Bonchev–Trinajstić information content (AvgIpc) is 1.36. The predicted octanol–water partition coefficient (Wildman–Crippen LogP) is 11.4. The molecule has 0 aromatic heterocycles. The van der Waals surface area contributed by atoms with E-state index in [1.807, 2.05) is 0 Å². The number of primary amides is 1. The fourth-order valence-corrected chi connectivity index (χ4v) is 28.8. The van der Waals surface area contributed by atoms with Crippen LogP contribution in [0, 0.1) is 5.92 Å². The van der Waals surface area contributed by atoms with Gasteiger partial charge < -0.3 is 57.9 Å². The normalized spacial score (nSPS) is 21.6. The summed E-state index contributed by atoms with van der Waals surface area (Å²) in [5.74, 6) is -8.39. The van der Waals surface area contributed by atoms with Crippen LogP contribution < -0.4 is 32.3 Å². The van der Waals surface area contributed by atoms with Gasteiger partial charge in [0.15, 0.2) is 6.04 Å². The van der Waals surface area contributed by atoms with E-state index in [-0.39, 0.29) is 12.2 Å². The number of aliphatic hydroxyl groups excluding tert-OH is 3. The van der Waals surface area contributed by atoms with Gasteiger partial charge in [-0.3, -0.25) is 28.8 Å². The van der Waals surface area contributed by atoms with Gasteiger partial charge in [-0.05, 0) is 352 Å². The summed E-state index contributed by atoms with van der Waals surface area (Å²) in [6.45, 7) is 3.79. The lowest BCUT2D eigenvalue weighted by Crippen LogP contribution is -2.62. The fraction of sp³-hybridized carbons (Fsp3) is 0.184. The molecule has 0 unspecified atom stereocenters. The van der Waals surface area contributed by atoms with Crippen molar-refractivity contribution in [2.75, 3.05) is 0 Å².